The van der Waals surface area contributed by atoms with Crippen LogP contribution in [0.15, 0.2) is 53.6 Å². The standard InChI is InChI=1S/C22H23F4N3O4S/c1-5-28(19(22(24,25)26)14-9-11-15(23)12-10-14)34(31,32)18-8-6-7-17-16(18)13-27-29(17)20(30)33-21(2,3)4/h6-13,19H,5H2,1-4H3/t19-/m1/s1. The molecule has 34 heavy (non-hydrogen) atoms. The zero-order chi connectivity index (χ0) is 25.5. The van der Waals surface area contributed by atoms with Crippen molar-refractivity contribution in [1.82, 2.24) is 14.1 Å². The van der Waals surface area contributed by atoms with E-state index in [0.29, 0.717) is 4.31 Å². The molecule has 184 valence electrons. The van der Waals surface area contributed by atoms with Crippen molar-refractivity contribution in [2.75, 3.05) is 6.54 Å². The zero-order valence-corrected chi connectivity index (χ0v) is 19.6. The van der Waals surface area contributed by atoms with Crippen molar-refractivity contribution in [3.05, 3.63) is 60.0 Å². The molecule has 0 saturated carbocycles. The fourth-order valence-corrected chi connectivity index (χ4v) is 5.28. The molecule has 0 spiro atoms. The van der Waals surface area contributed by atoms with Crippen molar-refractivity contribution in [2.24, 2.45) is 0 Å². The van der Waals surface area contributed by atoms with Crippen LogP contribution in [0.4, 0.5) is 22.4 Å². The monoisotopic (exact) mass is 501 g/mol. The predicted molar refractivity (Wildman–Crippen MR) is 116 cm³/mol. The summed E-state index contributed by atoms with van der Waals surface area (Å²) in [7, 11) is -4.75. The molecule has 1 atom stereocenters. The lowest BCUT2D eigenvalue weighted by atomic mass is 10.1. The van der Waals surface area contributed by atoms with Crippen LogP contribution in [0.25, 0.3) is 10.9 Å². The normalized spacial score (nSPS) is 13.9. The Bertz CT molecular complexity index is 1300. The molecule has 2 aromatic carbocycles. The summed E-state index contributed by atoms with van der Waals surface area (Å²) in [5, 5.41) is 3.85. The Morgan fingerprint density at radius 2 is 1.74 bits per heavy atom. The van der Waals surface area contributed by atoms with E-state index in [1.54, 1.807) is 20.8 Å². The summed E-state index contributed by atoms with van der Waals surface area (Å²) in [6, 6.07) is 4.74. The van der Waals surface area contributed by atoms with Crippen LogP contribution < -0.4 is 0 Å². The molecule has 0 amide bonds. The number of fused-ring (bicyclic) bond motifs is 1. The summed E-state index contributed by atoms with van der Waals surface area (Å²) in [6.45, 7) is 5.65. The molecule has 7 nitrogen and oxygen atoms in total. The largest absolute Gasteiger partial charge is 0.442 e. The van der Waals surface area contributed by atoms with Gasteiger partial charge in [-0.3, -0.25) is 0 Å². The minimum atomic E-state index is -4.99. The highest BCUT2D eigenvalue weighted by Gasteiger charge is 2.49. The number of carbonyl (C=O) groups excluding carboxylic acids is 1. The number of aromatic nitrogens is 2. The lowest BCUT2D eigenvalue weighted by Gasteiger charge is -2.32. The predicted octanol–water partition coefficient (Wildman–Crippen LogP) is 5.27. The van der Waals surface area contributed by atoms with Crippen LogP contribution in [0.2, 0.25) is 0 Å². The summed E-state index contributed by atoms with van der Waals surface area (Å²) in [6.07, 6.45) is -4.78. The van der Waals surface area contributed by atoms with E-state index in [9.17, 15) is 30.8 Å². The molecule has 0 aliphatic heterocycles. The maximum Gasteiger partial charge on any atom is 0.435 e. The molecule has 0 unspecified atom stereocenters. The van der Waals surface area contributed by atoms with Crippen LogP contribution in [-0.2, 0) is 14.8 Å². The van der Waals surface area contributed by atoms with Crippen molar-refractivity contribution >= 4 is 27.0 Å². The highest BCUT2D eigenvalue weighted by atomic mass is 32.2. The van der Waals surface area contributed by atoms with Gasteiger partial charge in [0, 0.05) is 11.9 Å². The third kappa shape index (κ3) is 5.07. The number of carbonyl (C=O) groups is 1. The van der Waals surface area contributed by atoms with E-state index in [2.05, 4.69) is 5.10 Å². The van der Waals surface area contributed by atoms with Gasteiger partial charge in [0.25, 0.3) is 0 Å². The van der Waals surface area contributed by atoms with E-state index < -0.39 is 56.8 Å². The van der Waals surface area contributed by atoms with Gasteiger partial charge in [-0.15, -0.1) is 0 Å². The summed E-state index contributed by atoms with van der Waals surface area (Å²) < 4.78 is 89.0. The van der Waals surface area contributed by atoms with Gasteiger partial charge in [0.2, 0.25) is 10.0 Å². The first-order chi connectivity index (χ1) is 15.7. The SMILES string of the molecule is CCN([C@H](c1ccc(F)cc1)C(F)(F)F)S(=O)(=O)c1cccc2c1cnn2C(=O)OC(C)(C)C. The zero-order valence-electron chi connectivity index (χ0n) is 18.8. The number of ether oxygens (including phenoxy) is 1. The Morgan fingerprint density at radius 3 is 2.26 bits per heavy atom. The van der Waals surface area contributed by atoms with Gasteiger partial charge in [-0.25, -0.2) is 17.6 Å². The fourth-order valence-electron chi connectivity index (χ4n) is 3.48. The second-order valence-electron chi connectivity index (χ2n) is 8.43. The average Bonchev–Trinajstić information content (AvgIpc) is 3.14. The van der Waals surface area contributed by atoms with E-state index in [1.165, 1.54) is 19.1 Å². The molecule has 0 saturated heterocycles. The minimum Gasteiger partial charge on any atom is -0.442 e. The van der Waals surface area contributed by atoms with Crippen LogP contribution in [0, 0.1) is 5.82 Å². The summed E-state index contributed by atoms with van der Waals surface area (Å²) >= 11 is 0. The molecule has 0 bridgehead atoms. The number of hydrogen-bond acceptors (Lipinski definition) is 5. The number of halogens is 4. The van der Waals surface area contributed by atoms with E-state index in [-0.39, 0.29) is 10.9 Å². The third-order valence-corrected chi connectivity index (χ3v) is 6.82. The Morgan fingerprint density at radius 1 is 1.12 bits per heavy atom. The van der Waals surface area contributed by atoms with Crippen molar-refractivity contribution in [1.29, 1.82) is 0 Å². The highest BCUT2D eigenvalue weighted by molar-refractivity contribution is 7.89. The van der Waals surface area contributed by atoms with Crippen molar-refractivity contribution in [3.8, 4) is 0 Å². The number of alkyl halides is 3. The summed E-state index contributed by atoms with van der Waals surface area (Å²) in [4.78, 5) is 12.0. The van der Waals surface area contributed by atoms with Gasteiger partial charge in [-0.1, -0.05) is 25.1 Å². The summed E-state index contributed by atoms with van der Waals surface area (Å²) in [5.41, 5.74) is -1.24. The van der Waals surface area contributed by atoms with Crippen molar-refractivity contribution in [3.63, 3.8) is 0 Å². The minimum absolute atomic E-state index is 0.0492. The van der Waals surface area contributed by atoms with Crippen molar-refractivity contribution < 1.29 is 35.5 Å². The number of hydrogen-bond donors (Lipinski definition) is 0. The van der Waals surface area contributed by atoms with Gasteiger partial charge >= 0.3 is 12.3 Å². The quantitative estimate of drug-likeness (QED) is 0.445. The first kappa shape index (κ1) is 25.6. The Kier molecular flexibility index (Phi) is 6.78. The van der Waals surface area contributed by atoms with E-state index in [1.807, 2.05) is 0 Å². The maximum absolute atomic E-state index is 14.1. The topological polar surface area (TPSA) is 81.5 Å². The molecule has 1 heterocycles. The second-order valence-corrected chi connectivity index (χ2v) is 10.3. The van der Waals surface area contributed by atoms with Crippen LogP contribution in [0.3, 0.4) is 0 Å². The number of sulfonamides is 1. The van der Waals surface area contributed by atoms with Crippen LogP contribution in [-0.4, -0.2) is 46.9 Å². The van der Waals surface area contributed by atoms with Gasteiger partial charge in [0.1, 0.15) is 17.5 Å². The number of rotatable bonds is 5. The molecule has 12 heteroatoms. The third-order valence-electron chi connectivity index (χ3n) is 4.82. The molecule has 1 aromatic heterocycles. The van der Waals surface area contributed by atoms with Crippen LogP contribution in [0.1, 0.15) is 39.3 Å². The van der Waals surface area contributed by atoms with E-state index >= 15 is 0 Å². The van der Waals surface area contributed by atoms with Crippen LogP contribution in [0.5, 0.6) is 0 Å². The molecule has 3 aromatic rings. The molecular formula is C22H23F4N3O4S. The molecule has 0 aliphatic carbocycles. The smallest absolute Gasteiger partial charge is 0.435 e. The molecule has 0 fully saturated rings. The number of benzene rings is 2. The highest BCUT2D eigenvalue weighted by Crippen LogP contribution is 2.41. The van der Waals surface area contributed by atoms with Gasteiger partial charge in [-0.05, 0) is 50.6 Å². The van der Waals surface area contributed by atoms with Gasteiger partial charge in [-0.2, -0.15) is 27.3 Å². The maximum atomic E-state index is 14.1. The van der Waals surface area contributed by atoms with Crippen molar-refractivity contribution in [2.45, 2.75) is 50.4 Å². The first-order valence-corrected chi connectivity index (χ1v) is 11.6. The molecular weight excluding hydrogens is 478 g/mol. The van der Waals surface area contributed by atoms with Gasteiger partial charge in [0.15, 0.2) is 0 Å². The number of nitrogens with zero attached hydrogens (tertiary/aromatic N) is 3. The molecule has 3 rings (SSSR count). The van der Waals surface area contributed by atoms with Gasteiger partial charge < -0.3 is 4.74 Å². The molecule has 0 aliphatic rings. The average molecular weight is 502 g/mol. The van der Waals surface area contributed by atoms with Crippen LogP contribution >= 0.6 is 0 Å². The lowest BCUT2D eigenvalue weighted by Crippen LogP contribution is -2.42. The van der Waals surface area contributed by atoms with Gasteiger partial charge in [0.05, 0.1) is 16.6 Å². The Labute approximate surface area is 194 Å². The first-order valence-electron chi connectivity index (χ1n) is 10.2. The Hall–Kier alpha value is -2.99. The molecule has 0 N–H and O–H groups in total. The molecule has 0 radical (unpaired) electrons. The Balaban J connectivity index is 2.14. The lowest BCUT2D eigenvalue weighted by molar-refractivity contribution is -0.173. The second kappa shape index (κ2) is 8.99. The fraction of sp³-hybridized carbons (Fsp3) is 0.364. The summed E-state index contributed by atoms with van der Waals surface area (Å²) in [5.74, 6) is -0.755. The van der Waals surface area contributed by atoms with E-state index in [4.69, 9.17) is 4.74 Å². The van der Waals surface area contributed by atoms with E-state index in [0.717, 1.165) is 41.2 Å².